The maximum absolute atomic E-state index is 11.6. The second-order valence-electron chi connectivity index (χ2n) is 8.17. The molecule has 1 saturated heterocycles. The number of nitrogens with two attached hydrogens (primary N) is 2. The molecule has 2 amide bonds. The van der Waals surface area contributed by atoms with E-state index in [9.17, 15) is 14.7 Å². The summed E-state index contributed by atoms with van der Waals surface area (Å²) in [5, 5.41) is 11.8. The Hall–Kier alpha value is -2.71. The van der Waals surface area contributed by atoms with Crippen molar-refractivity contribution in [3.63, 3.8) is 0 Å². The first kappa shape index (κ1) is 29.3. The fourth-order valence-corrected chi connectivity index (χ4v) is 2.72. The van der Waals surface area contributed by atoms with E-state index in [1.54, 1.807) is 24.3 Å². The standard InChI is InChI=1S/C12H14N2O3.C10H19NO2.H4N2/c1-3-10-6-12(17-5-4-16-2)11(14-7-10)8-13-9-15;1-10(2,3)6-9(13)11-5-4-8(12)7-11;1-2/h1,6-7,9H,4-5,8H2,2H3,(H,13,15);8,12H,4-7H2,1-3H3;1-2H2. The Bertz CT molecular complexity index is 730. The number of hydrogen-bond donors (Lipinski definition) is 4. The van der Waals surface area contributed by atoms with Gasteiger partial charge in [-0.3, -0.25) is 26.3 Å². The molecule has 2 rings (SSSR count). The van der Waals surface area contributed by atoms with Crippen LogP contribution < -0.4 is 21.7 Å². The van der Waals surface area contributed by atoms with E-state index in [1.165, 1.54) is 0 Å². The number of likely N-dealkylation sites (tertiary alicyclic amines) is 1. The first-order valence-electron chi connectivity index (χ1n) is 10.2. The lowest BCUT2D eigenvalue weighted by atomic mass is 9.92. The average Bonchev–Trinajstić information content (AvgIpc) is 3.20. The zero-order valence-corrected chi connectivity index (χ0v) is 19.5. The minimum Gasteiger partial charge on any atom is -0.489 e. The highest BCUT2D eigenvalue weighted by Gasteiger charge is 2.27. The molecule has 10 heteroatoms. The summed E-state index contributed by atoms with van der Waals surface area (Å²) in [4.78, 5) is 27.8. The van der Waals surface area contributed by atoms with Crippen LogP contribution in [-0.4, -0.2) is 66.8 Å². The molecule has 0 saturated carbocycles. The van der Waals surface area contributed by atoms with Crippen LogP contribution >= 0.6 is 0 Å². The van der Waals surface area contributed by atoms with Crippen LogP contribution in [-0.2, 0) is 20.9 Å². The number of nitrogens with zero attached hydrogens (tertiary/aromatic N) is 2. The molecule has 0 radical (unpaired) electrons. The largest absolute Gasteiger partial charge is 0.489 e. The number of carbonyl (C=O) groups excluding carboxylic acids is 2. The molecule has 10 nitrogen and oxygen atoms in total. The van der Waals surface area contributed by atoms with Gasteiger partial charge in [-0.1, -0.05) is 26.7 Å². The van der Waals surface area contributed by atoms with Crippen LogP contribution in [0.3, 0.4) is 0 Å². The lowest BCUT2D eigenvalue weighted by Crippen LogP contribution is -2.32. The van der Waals surface area contributed by atoms with E-state index in [0.717, 1.165) is 13.0 Å². The number of nitrogens with one attached hydrogen (secondary N) is 1. The highest BCUT2D eigenvalue weighted by atomic mass is 16.5. The van der Waals surface area contributed by atoms with Gasteiger partial charge in [0.15, 0.2) is 0 Å². The molecule has 0 spiro atoms. The molecule has 0 aliphatic carbocycles. The van der Waals surface area contributed by atoms with Crippen LogP contribution in [0.1, 0.15) is 44.9 Å². The van der Waals surface area contributed by atoms with Crippen molar-refractivity contribution in [1.29, 1.82) is 0 Å². The van der Waals surface area contributed by atoms with Crippen molar-refractivity contribution in [2.75, 3.05) is 33.4 Å². The maximum Gasteiger partial charge on any atom is 0.223 e. The van der Waals surface area contributed by atoms with E-state index < -0.39 is 0 Å². The number of aliphatic hydroxyl groups is 1. The Labute approximate surface area is 190 Å². The molecule has 180 valence electrons. The minimum atomic E-state index is -0.302. The second kappa shape index (κ2) is 16.0. The zero-order valence-electron chi connectivity index (χ0n) is 19.5. The summed E-state index contributed by atoms with van der Waals surface area (Å²) in [6.45, 7) is 8.58. The van der Waals surface area contributed by atoms with Gasteiger partial charge in [0.25, 0.3) is 0 Å². The predicted octanol–water partition coefficient (Wildman–Crippen LogP) is 0.169. The van der Waals surface area contributed by atoms with E-state index in [4.69, 9.17) is 15.9 Å². The fourth-order valence-electron chi connectivity index (χ4n) is 2.72. The Morgan fingerprint density at radius 2 is 2.12 bits per heavy atom. The monoisotopic (exact) mass is 451 g/mol. The molecule has 0 aromatic carbocycles. The number of aliphatic hydroxyl groups excluding tert-OH is 1. The lowest BCUT2D eigenvalue weighted by Gasteiger charge is -2.22. The third-order valence-corrected chi connectivity index (χ3v) is 4.19. The van der Waals surface area contributed by atoms with E-state index in [0.29, 0.717) is 56.1 Å². The highest BCUT2D eigenvalue weighted by molar-refractivity contribution is 5.77. The van der Waals surface area contributed by atoms with Gasteiger partial charge in [0.1, 0.15) is 18.1 Å². The number of amides is 2. The van der Waals surface area contributed by atoms with Crippen LogP contribution in [0.15, 0.2) is 12.3 Å². The van der Waals surface area contributed by atoms with Crippen LogP contribution in [0.5, 0.6) is 5.75 Å². The Balaban J connectivity index is 0.000000574. The molecule has 0 bridgehead atoms. The normalized spacial score (nSPS) is 14.8. The Morgan fingerprint density at radius 3 is 2.62 bits per heavy atom. The molecule has 1 aliphatic heterocycles. The molecule has 6 N–H and O–H groups in total. The van der Waals surface area contributed by atoms with E-state index in [-0.39, 0.29) is 17.4 Å². The predicted molar refractivity (Wildman–Crippen MR) is 122 cm³/mol. The quantitative estimate of drug-likeness (QED) is 0.143. The average molecular weight is 452 g/mol. The minimum absolute atomic E-state index is 0.0463. The van der Waals surface area contributed by atoms with Gasteiger partial charge >= 0.3 is 0 Å². The molecule has 1 aromatic heterocycles. The van der Waals surface area contributed by atoms with Gasteiger partial charge in [-0.2, -0.15) is 0 Å². The summed E-state index contributed by atoms with van der Waals surface area (Å²) < 4.78 is 10.4. The molecule has 2 heterocycles. The van der Waals surface area contributed by atoms with E-state index in [1.807, 2.05) is 0 Å². The van der Waals surface area contributed by atoms with Crippen LogP contribution in [0.25, 0.3) is 0 Å². The Kier molecular flexibility index (Phi) is 14.6. The van der Waals surface area contributed by atoms with Gasteiger partial charge in [-0.15, -0.1) is 6.42 Å². The number of hydrogen-bond acceptors (Lipinski definition) is 8. The van der Waals surface area contributed by atoms with Crippen molar-refractivity contribution >= 4 is 12.3 Å². The Morgan fingerprint density at radius 1 is 1.44 bits per heavy atom. The van der Waals surface area contributed by atoms with Gasteiger partial charge in [0, 0.05) is 38.4 Å². The van der Waals surface area contributed by atoms with E-state index in [2.05, 4.69) is 48.7 Å². The summed E-state index contributed by atoms with van der Waals surface area (Å²) in [5.41, 5.74) is 1.31. The van der Waals surface area contributed by atoms with Gasteiger partial charge in [-0.05, 0) is 17.9 Å². The summed E-state index contributed by atoms with van der Waals surface area (Å²) in [6, 6.07) is 1.71. The number of rotatable bonds is 8. The van der Waals surface area contributed by atoms with Crippen molar-refractivity contribution in [1.82, 2.24) is 15.2 Å². The first-order valence-corrected chi connectivity index (χ1v) is 10.2. The van der Waals surface area contributed by atoms with E-state index >= 15 is 0 Å². The van der Waals surface area contributed by atoms with Gasteiger partial charge in [0.2, 0.25) is 12.3 Å². The topological polar surface area (TPSA) is 153 Å². The van der Waals surface area contributed by atoms with Crippen molar-refractivity contribution in [2.24, 2.45) is 17.1 Å². The second-order valence-corrected chi connectivity index (χ2v) is 8.17. The molecular formula is C22H37N5O5. The summed E-state index contributed by atoms with van der Waals surface area (Å²) in [5.74, 6) is 11.2. The first-order chi connectivity index (χ1) is 15.2. The van der Waals surface area contributed by atoms with Gasteiger partial charge in [-0.25, -0.2) is 0 Å². The number of pyridine rings is 1. The van der Waals surface area contributed by atoms with Crippen LogP contribution in [0.4, 0.5) is 0 Å². The fraction of sp³-hybridized carbons (Fsp3) is 0.591. The van der Waals surface area contributed by atoms with Gasteiger partial charge < -0.3 is 24.8 Å². The molecule has 1 fully saturated rings. The molecule has 1 unspecified atom stereocenters. The number of ether oxygens (including phenoxy) is 2. The van der Waals surface area contributed by atoms with Crippen molar-refractivity contribution in [2.45, 2.75) is 46.3 Å². The third-order valence-electron chi connectivity index (χ3n) is 4.19. The van der Waals surface area contributed by atoms with Crippen molar-refractivity contribution in [3.05, 3.63) is 23.5 Å². The molecule has 1 aromatic rings. The molecular weight excluding hydrogens is 414 g/mol. The number of hydrazine groups is 1. The number of terminal acetylenes is 1. The molecule has 32 heavy (non-hydrogen) atoms. The third kappa shape index (κ3) is 12.2. The zero-order chi connectivity index (χ0) is 24.6. The molecule has 1 aliphatic rings. The van der Waals surface area contributed by atoms with Crippen molar-refractivity contribution < 1.29 is 24.2 Å². The van der Waals surface area contributed by atoms with Gasteiger partial charge in [0.05, 0.1) is 19.3 Å². The summed E-state index contributed by atoms with van der Waals surface area (Å²) in [7, 11) is 1.59. The van der Waals surface area contributed by atoms with Crippen LogP contribution in [0, 0.1) is 17.8 Å². The summed E-state index contributed by atoms with van der Waals surface area (Å²) in [6.07, 6.45) is 8.45. The maximum atomic E-state index is 11.6. The SMILES string of the molecule is C#Cc1cnc(CNC=O)c(OCCOC)c1.CC(C)(C)CC(=O)N1CCC(O)C1.NN. The van der Waals surface area contributed by atoms with Crippen LogP contribution in [0.2, 0.25) is 0 Å². The number of carbonyl (C=O) groups is 2. The van der Waals surface area contributed by atoms with Crippen molar-refractivity contribution in [3.8, 4) is 18.1 Å². The summed E-state index contributed by atoms with van der Waals surface area (Å²) >= 11 is 0. The lowest BCUT2D eigenvalue weighted by molar-refractivity contribution is -0.132. The smallest absolute Gasteiger partial charge is 0.223 e. The number of methoxy groups -OCH3 is 1. The highest BCUT2D eigenvalue weighted by Crippen LogP contribution is 2.21. The molecule has 1 atom stereocenters. The number of β-amino-alcohol motifs (C(OH)–C–C–N with tert-alkyl or cyclic N) is 1. The number of aromatic nitrogens is 1.